The van der Waals surface area contributed by atoms with Crippen molar-refractivity contribution in [3.63, 3.8) is 0 Å². The Morgan fingerprint density at radius 2 is 1.45 bits per heavy atom. The van der Waals surface area contributed by atoms with E-state index in [9.17, 15) is 4.79 Å². The first-order valence-corrected chi connectivity index (χ1v) is 12.0. The number of carbonyl (C=O) groups excluding carboxylic acids is 1. The molecule has 0 saturated carbocycles. The number of hydrogen-bond acceptors (Lipinski definition) is 4. The molecule has 0 saturated heterocycles. The minimum atomic E-state index is -0.383. The summed E-state index contributed by atoms with van der Waals surface area (Å²) in [5.41, 5.74) is 2.32. The van der Waals surface area contributed by atoms with Gasteiger partial charge < -0.3 is 4.74 Å². The summed E-state index contributed by atoms with van der Waals surface area (Å²) in [6.45, 7) is 4.44. The van der Waals surface area contributed by atoms with E-state index >= 15 is 0 Å². The third-order valence-corrected chi connectivity index (χ3v) is 5.36. The molecule has 0 atom stereocenters. The van der Waals surface area contributed by atoms with Crippen LogP contribution in [0.25, 0.3) is 11.4 Å². The van der Waals surface area contributed by atoms with Gasteiger partial charge >= 0.3 is 5.97 Å². The van der Waals surface area contributed by atoms with Crippen LogP contribution in [-0.4, -0.2) is 15.9 Å². The molecule has 2 rings (SSSR count). The van der Waals surface area contributed by atoms with E-state index in [4.69, 9.17) is 4.74 Å². The summed E-state index contributed by atoms with van der Waals surface area (Å²) in [5, 5.41) is 0. The van der Waals surface area contributed by atoms with Gasteiger partial charge in [-0.1, -0.05) is 95.6 Å². The quantitative estimate of drug-likeness (QED) is 0.170. The molecule has 31 heavy (non-hydrogen) atoms. The van der Waals surface area contributed by atoms with Crippen molar-refractivity contribution in [3.8, 4) is 17.1 Å². The second-order valence-corrected chi connectivity index (χ2v) is 8.13. The number of rotatable bonds is 15. The molecule has 0 radical (unpaired) electrons. The number of aryl methyl sites for hydroxylation is 1. The Morgan fingerprint density at radius 3 is 2.13 bits per heavy atom. The Hall–Kier alpha value is -2.49. The predicted molar refractivity (Wildman–Crippen MR) is 128 cm³/mol. The number of carbonyl (C=O) groups is 1. The Balaban J connectivity index is 1.75. The predicted octanol–water partition coefficient (Wildman–Crippen LogP) is 7.48. The lowest BCUT2D eigenvalue weighted by Gasteiger charge is -2.05. The van der Waals surface area contributed by atoms with Gasteiger partial charge in [0.25, 0.3) is 0 Å². The van der Waals surface area contributed by atoms with E-state index in [1.807, 2.05) is 6.08 Å². The Kier molecular flexibility index (Phi) is 12.3. The van der Waals surface area contributed by atoms with Crippen LogP contribution in [0.3, 0.4) is 0 Å². The molecular weight excluding hydrogens is 384 g/mol. The first-order chi connectivity index (χ1) is 15.2. The zero-order valence-corrected chi connectivity index (χ0v) is 19.3. The molecule has 1 heterocycles. The summed E-state index contributed by atoms with van der Waals surface area (Å²) in [5.74, 6) is 0.618. The zero-order valence-electron chi connectivity index (χ0n) is 19.3. The molecule has 0 fully saturated rings. The second-order valence-electron chi connectivity index (χ2n) is 8.13. The molecule has 1 aromatic heterocycles. The van der Waals surface area contributed by atoms with Gasteiger partial charge in [0, 0.05) is 11.6 Å². The number of allylic oxidation sites excluding steroid dienone is 1. The smallest absolute Gasteiger partial charge is 0.335 e. The fourth-order valence-corrected chi connectivity index (χ4v) is 3.47. The summed E-state index contributed by atoms with van der Waals surface area (Å²) in [4.78, 5) is 20.6. The minimum Gasteiger partial charge on any atom is -0.420 e. The molecule has 0 unspecified atom stereocenters. The summed E-state index contributed by atoms with van der Waals surface area (Å²) in [7, 11) is 0. The van der Waals surface area contributed by atoms with Crippen LogP contribution in [0.15, 0.2) is 48.8 Å². The maximum atomic E-state index is 11.9. The van der Waals surface area contributed by atoms with Crippen LogP contribution < -0.4 is 4.74 Å². The number of unbranched alkanes of at least 4 members (excludes halogenated alkanes) is 9. The van der Waals surface area contributed by atoms with E-state index in [-0.39, 0.29) is 5.97 Å². The average Bonchev–Trinajstić information content (AvgIpc) is 2.79. The fourth-order valence-electron chi connectivity index (χ4n) is 3.47. The topological polar surface area (TPSA) is 52.1 Å². The lowest BCUT2D eigenvalue weighted by molar-refractivity contribution is -0.129. The number of ether oxygens (including phenoxy) is 1. The van der Waals surface area contributed by atoms with E-state index < -0.39 is 0 Å². The van der Waals surface area contributed by atoms with Gasteiger partial charge in [-0.3, -0.25) is 0 Å². The van der Waals surface area contributed by atoms with Crippen molar-refractivity contribution in [2.45, 2.75) is 90.9 Å². The molecule has 0 N–H and O–H groups in total. The van der Waals surface area contributed by atoms with Gasteiger partial charge in [0.1, 0.15) is 0 Å². The number of nitrogens with zero attached hydrogens (tertiary/aromatic N) is 2. The van der Waals surface area contributed by atoms with Gasteiger partial charge in [-0.15, -0.1) is 0 Å². The van der Waals surface area contributed by atoms with Crippen LogP contribution in [0, 0.1) is 0 Å². The van der Waals surface area contributed by atoms with E-state index in [2.05, 4.69) is 48.1 Å². The summed E-state index contributed by atoms with van der Waals surface area (Å²) >= 11 is 0. The standard InChI is InChI=1S/C27H38N2O2/c1-3-5-7-9-11-13-15-23-17-19-24(20-18-23)27-28-21-25(22-29-27)31-26(30)16-14-12-10-8-6-4-2/h14,16-22H,3-13,15H2,1-2H3. The van der Waals surface area contributed by atoms with Crippen molar-refractivity contribution >= 4 is 5.97 Å². The van der Waals surface area contributed by atoms with Gasteiger partial charge in [0.05, 0.1) is 12.4 Å². The summed E-state index contributed by atoms with van der Waals surface area (Å²) < 4.78 is 5.28. The van der Waals surface area contributed by atoms with E-state index in [1.54, 1.807) is 12.4 Å². The van der Waals surface area contributed by atoms with Crippen LogP contribution in [0.2, 0.25) is 0 Å². The second kappa shape index (κ2) is 15.3. The highest BCUT2D eigenvalue weighted by molar-refractivity contribution is 5.83. The van der Waals surface area contributed by atoms with Crippen LogP contribution in [0.4, 0.5) is 0 Å². The van der Waals surface area contributed by atoms with Crippen molar-refractivity contribution in [1.82, 2.24) is 9.97 Å². The van der Waals surface area contributed by atoms with Crippen molar-refractivity contribution in [1.29, 1.82) is 0 Å². The first kappa shape index (κ1) is 24.8. The third-order valence-electron chi connectivity index (χ3n) is 5.36. The van der Waals surface area contributed by atoms with Crippen LogP contribution in [-0.2, 0) is 11.2 Å². The summed E-state index contributed by atoms with van der Waals surface area (Å²) in [6.07, 6.45) is 21.1. The Bertz CT molecular complexity index is 767. The highest BCUT2D eigenvalue weighted by Crippen LogP contribution is 2.19. The number of esters is 1. The van der Waals surface area contributed by atoms with Gasteiger partial charge in [-0.25, -0.2) is 14.8 Å². The first-order valence-electron chi connectivity index (χ1n) is 12.0. The van der Waals surface area contributed by atoms with E-state index in [0.717, 1.165) is 24.8 Å². The molecule has 0 bridgehead atoms. The van der Waals surface area contributed by atoms with Gasteiger partial charge in [-0.2, -0.15) is 0 Å². The van der Waals surface area contributed by atoms with Gasteiger partial charge in [0.15, 0.2) is 11.6 Å². The van der Waals surface area contributed by atoms with E-state index in [0.29, 0.717) is 11.6 Å². The number of aromatic nitrogens is 2. The van der Waals surface area contributed by atoms with Crippen molar-refractivity contribution in [2.75, 3.05) is 0 Å². The molecule has 0 amide bonds. The lowest BCUT2D eigenvalue weighted by Crippen LogP contribution is -2.04. The molecule has 0 spiro atoms. The van der Waals surface area contributed by atoms with Crippen LogP contribution >= 0.6 is 0 Å². The average molecular weight is 423 g/mol. The molecule has 0 aliphatic rings. The van der Waals surface area contributed by atoms with Gasteiger partial charge in [0.2, 0.25) is 0 Å². The van der Waals surface area contributed by atoms with E-state index in [1.165, 1.54) is 69.4 Å². The molecule has 168 valence electrons. The molecule has 2 aromatic rings. The zero-order chi connectivity index (χ0) is 22.2. The highest BCUT2D eigenvalue weighted by atomic mass is 16.5. The molecule has 0 aliphatic heterocycles. The normalized spacial score (nSPS) is 11.2. The molecular formula is C27H38N2O2. The SMILES string of the molecule is CCCCCCC=CC(=O)Oc1cnc(-c2ccc(CCCCCCCC)cc2)nc1. The Labute approximate surface area is 188 Å². The third kappa shape index (κ3) is 10.4. The van der Waals surface area contributed by atoms with Crippen molar-refractivity contribution in [3.05, 3.63) is 54.4 Å². The Morgan fingerprint density at radius 1 is 0.839 bits per heavy atom. The van der Waals surface area contributed by atoms with Crippen LogP contribution in [0.5, 0.6) is 5.75 Å². The number of hydrogen-bond donors (Lipinski definition) is 0. The molecule has 4 nitrogen and oxygen atoms in total. The minimum absolute atomic E-state index is 0.365. The van der Waals surface area contributed by atoms with Crippen molar-refractivity contribution < 1.29 is 9.53 Å². The monoisotopic (exact) mass is 422 g/mol. The van der Waals surface area contributed by atoms with Crippen molar-refractivity contribution in [2.24, 2.45) is 0 Å². The molecule has 4 heteroatoms. The maximum Gasteiger partial charge on any atom is 0.335 e. The molecule has 1 aromatic carbocycles. The maximum absolute atomic E-state index is 11.9. The fraction of sp³-hybridized carbons (Fsp3) is 0.519. The van der Waals surface area contributed by atoms with Gasteiger partial charge in [-0.05, 0) is 31.2 Å². The highest BCUT2D eigenvalue weighted by Gasteiger charge is 2.05. The molecule has 0 aliphatic carbocycles. The largest absolute Gasteiger partial charge is 0.420 e. The van der Waals surface area contributed by atoms with Crippen LogP contribution in [0.1, 0.15) is 90.0 Å². The summed E-state index contributed by atoms with van der Waals surface area (Å²) in [6, 6.07) is 8.44. The lowest BCUT2D eigenvalue weighted by atomic mass is 10.0. The number of benzene rings is 1.